The lowest BCUT2D eigenvalue weighted by Crippen LogP contribution is -2.11. The third kappa shape index (κ3) is 5.65. The summed E-state index contributed by atoms with van der Waals surface area (Å²) in [6, 6.07) is 81.4. The normalized spacial score (nSPS) is 11.7. The molecule has 1 aromatic heterocycles. The highest BCUT2D eigenvalue weighted by molar-refractivity contribution is 6.16. The van der Waals surface area contributed by atoms with Gasteiger partial charge in [0.15, 0.2) is 0 Å². The van der Waals surface area contributed by atoms with E-state index in [1.54, 1.807) is 0 Å². The molecular weight excluding hydrogens is 727 g/mol. The molecule has 2 nitrogen and oxygen atoms in total. The summed E-state index contributed by atoms with van der Waals surface area (Å²) in [4.78, 5) is 2.41. The van der Waals surface area contributed by atoms with Gasteiger partial charge in [-0.15, -0.1) is 0 Å². The van der Waals surface area contributed by atoms with Crippen LogP contribution in [0.25, 0.3) is 98.4 Å². The quantitative estimate of drug-likeness (QED) is 0.157. The van der Waals surface area contributed by atoms with Crippen LogP contribution in [-0.2, 0) is 0 Å². The zero-order valence-corrected chi connectivity index (χ0v) is 32.7. The Morgan fingerprint density at radius 2 is 0.867 bits per heavy atom. The summed E-state index contributed by atoms with van der Waals surface area (Å²) in [5, 5.41) is 12.1. The lowest BCUT2D eigenvalue weighted by atomic mass is 9.96. The van der Waals surface area contributed by atoms with Gasteiger partial charge in [-0.1, -0.05) is 170 Å². The van der Waals surface area contributed by atoms with E-state index in [0.717, 1.165) is 55.5 Å². The zero-order valence-electron chi connectivity index (χ0n) is 32.7. The van der Waals surface area contributed by atoms with Crippen LogP contribution in [-0.4, -0.2) is 0 Å². The Kier molecular flexibility index (Phi) is 7.89. The van der Waals surface area contributed by atoms with Crippen LogP contribution >= 0.6 is 0 Å². The summed E-state index contributed by atoms with van der Waals surface area (Å²) in [6.45, 7) is 0. The fourth-order valence-electron chi connectivity index (χ4n) is 9.30. The molecule has 11 aromatic carbocycles. The third-order valence-corrected chi connectivity index (χ3v) is 12.2. The lowest BCUT2D eigenvalue weighted by molar-refractivity contribution is 0.672. The maximum atomic E-state index is 6.54. The van der Waals surface area contributed by atoms with Crippen LogP contribution < -0.4 is 4.90 Å². The molecule has 0 bridgehead atoms. The van der Waals surface area contributed by atoms with Crippen LogP contribution in [0.2, 0.25) is 0 Å². The maximum Gasteiger partial charge on any atom is 0.143 e. The first-order valence-corrected chi connectivity index (χ1v) is 20.6. The fraction of sp³-hybridized carbons (Fsp3) is 0. The number of furan rings is 1. The van der Waals surface area contributed by atoms with E-state index >= 15 is 0 Å². The van der Waals surface area contributed by atoms with E-state index < -0.39 is 0 Å². The van der Waals surface area contributed by atoms with Crippen molar-refractivity contribution in [3.8, 4) is 33.4 Å². The van der Waals surface area contributed by atoms with E-state index in [1.165, 1.54) is 60.0 Å². The minimum Gasteiger partial charge on any atom is -0.455 e. The number of anilines is 3. The van der Waals surface area contributed by atoms with E-state index in [9.17, 15) is 0 Å². The molecule has 0 fully saturated rings. The smallest absolute Gasteiger partial charge is 0.143 e. The van der Waals surface area contributed by atoms with Gasteiger partial charge in [0, 0.05) is 33.1 Å². The van der Waals surface area contributed by atoms with E-state index in [1.807, 2.05) is 0 Å². The summed E-state index contributed by atoms with van der Waals surface area (Å²) in [5.74, 6) is 0. The number of rotatable bonds is 6. The second-order valence-electron chi connectivity index (χ2n) is 15.7. The van der Waals surface area contributed by atoms with Crippen molar-refractivity contribution in [2.24, 2.45) is 0 Å². The molecule has 0 radical (unpaired) electrons. The predicted octanol–water partition coefficient (Wildman–Crippen LogP) is 16.7. The molecule has 0 amide bonds. The van der Waals surface area contributed by atoms with Crippen molar-refractivity contribution in [1.82, 2.24) is 0 Å². The van der Waals surface area contributed by atoms with Crippen molar-refractivity contribution < 1.29 is 4.42 Å². The molecule has 0 aliphatic carbocycles. The molecule has 0 aliphatic rings. The molecule has 12 rings (SSSR count). The minimum absolute atomic E-state index is 0.889. The molecule has 12 aromatic rings. The Hall–Kier alpha value is -7.94. The van der Waals surface area contributed by atoms with Gasteiger partial charge in [-0.3, -0.25) is 0 Å². The van der Waals surface area contributed by atoms with Gasteiger partial charge in [-0.05, 0) is 120 Å². The van der Waals surface area contributed by atoms with Crippen LogP contribution in [0, 0.1) is 0 Å². The first-order chi connectivity index (χ1) is 29.7. The average molecular weight is 764 g/mol. The van der Waals surface area contributed by atoms with Crippen LogP contribution in [0.4, 0.5) is 17.1 Å². The monoisotopic (exact) mass is 763 g/mol. The van der Waals surface area contributed by atoms with Crippen LogP contribution in [0.15, 0.2) is 229 Å². The molecule has 280 valence electrons. The molecule has 0 atom stereocenters. The first-order valence-electron chi connectivity index (χ1n) is 20.6. The Morgan fingerprint density at radius 3 is 1.73 bits per heavy atom. The first kappa shape index (κ1) is 34.1. The number of hydrogen-bond donors (Lipinski definition) is 0. The van der Waals surface area contributed by atoms with Crippen molar-refractivity contribution in [2.75, 3.05) is 4.90 Å². The Balaban J connectivity index is 1.01. The van der Waals surface area contributed by atoms with Crippen molar-refractivity contribution in [1.29, 1.82) is 0 Å². The second-order valence-corrected chi connectivity index (χ2v) is 15.7. The SMILES string of the molecule is c1cc(-c2cccc3ccccc23)cc(N(c2ccc(-c3ccc4c(ccc5ccccc54)c3)cc2)c2ccccc2-c2ccc3oc4c5ccccc5ccc4c3c2)c1. The molecular formula is C58H37NO. The minimum atomic E-state index is 0.889. The van der Waals surface area contributed by atoms with Gasteiger partial charge in [0.05, 0.1) is 5.69 Å². The van der Waals surface area contributed by atoms with E-state index in [-0.39, 0.29) is 0 Å². The van der Waals surface area contributed by atoms with Gasteiger partial charge in [0.1, 0.15) is 11.2 Å². The lowest BCUT2D eigenvalue weighted by Gasteiger charge is -2.28. The number of para-hydroxylation sites is 1. The van der Waals surface area contributed by atoms with Crippen LogP contribution in [0.1, 0.15) is 0 Å². The molecule has 0 spiro atoms. The summed E-state index contributed by atoms with van der Waals surface area (Å²) >= 11 is 0. The van der Waals surface area contributed by atoms with E-state index in [2.05, 4.69) is 229 Å². The van der Waals surface area contributed by atoms with Crippen molar-refractivity contribution in [2.45, 2.75) is 0 Å². The molecule has 0 saturated heterocycles. The summed E-state index contributed by atoms with van der Waals surface area (Å²) < 4.78 is 6.54. The van der Waals surface area contributed by atoms with Gasteiger partial charge in [0.2, 0.25) is 0 Å². The second kappa shape index (κ2) is 13.9. The summed E-state index contributed by atoms with van der Waals surface area (Å²) in [7, 11) is 0. The standard InChI is InChI=1S/C58H37NO/c1-4-17-48-39(11-1)14-10-21-50(48)43-15-9-16-47(36-43)59(46-30-25-38(26-31-46)42-28-32-51-44(35-42)24-23-40-12-2-5-18-49(40)51)56-22-8-7-19-52(56)45-29-34-57-55(37-45)54-33-27-41-13-3-6-20-53(41)58(54)60-57/h1-37H. The van der Waals surface area contributed by atoms with Crippen molar-refractivity contribution in [3.05, 3.63) is 224 Å². The van der Waals surface area contributed by atoms with Crippen LogP contribution in [0.3, 0.4) is 0 Å². The molecule has 1 heterocycles. The van der Waals surface area contributed by atoms with Gasteiger partial charge in [-0.2, -0.15) is 0 Å². The highest BCUT2D eigenvalue weighted by atomic mass is 16.3. The fourth-order valence-corrected chi connectivity index (χ4v) is 9.30. The number of fused-ring (bicyclic) bond motifs is 9. The van der Waals surface area contributed by atoms with E-state index in [0.29, 0.717) is 0 Å². The van der Waals surface area contributed by atoms with Gasteiger partial charge in [0.25, 0.3) is 0 Å². The molecule has 0 saturated carbocycles. The number of nitrogens with zero attached hydrogens (tertiary/aromatic N) is 1. The predicted molar refractivity (Wildman–Crippen MR) is 255 cm³/mol. The Morgan fingerprint density at radius 1 is 0.283 bits per heavy atom. The molecule has 0 N–H and O–H groups in total. The summed E-state index contributed by atoms with van der Waals surface area (Å²) in [5.41, 5.74) is 12.1. The molecule has 2 heteroatoms. The maximum absolute atomic E-state index is 6.54. The van der Waals surface area contributed by atoms with Gasteiger partial charge < -0.3 is 9.32 Å². The summed E-state index contributed by atoms with van der Waals surface area (Å²) in [6.07, 6.45) is 0. The van der Waals surface area contributed by atoms with Crippen molar-refractivity contribution >= 4 is 82.1 Å². The van der Waals surface area contributed by atoms with Crippen molar-refractivity contribution in [3.63, 3.8) is 0 Å². The number of benzene rings is 11. The van der Waals surface area contributed by atoms with Gasteiger partial charge >= 0.3 is 0 Å². The molecule has 0 aliphatic heterocycles. The molecule has 0 unspecified atom stereocenters. The third-order valence-electron chi connectivity index (χ3n) is 12.2. The average Bonchev–Trinajstić information content (AvgIpc) is 3.70. The molecule has 60 heavy (non-hydrogen) atoms. The number of hydrogen-bond acceptors (Lipinski definition) is 2. The Bertz CT molecular complexity index is 3610. The van der Waals surface area contributed by atoms with Gasteiger partial charge in [-0.25, -0.2) is 0 Å². The Labute approximate surface area is 347 Å². The highest BCUT2D eigenvalue weighted by Gasteiger charge is 2.20. The largest absolute Gasteiger partial charge is 0.455 e. The zero-order chi connectivity index (χ0) is 39.6. The highest BCUT2D eigenvalue weighted by Crippen LogP contribution is 2.44. The topological polar surface area (TPSA) is 16.4 Å². The van der Waals surface area contributed by atoms with E-state index in [4.69, 9.17) is 4.42 Å². The van der Waals surface area contributed by atoms with Crippen LogP contribution in [0.5, 0.6) is 0 Å².